The van der Waals surface area contributed by atoms with Gasteiger partial charge in [-0.3, -0.25) is 4.79 Å². The van der Waals surface area contributed by atoms with Crippen LogP contribution in [-0.2, 0) is 18.9 Å². The van der Waals surface area contributed by atoms with Crippen LogP contribution in [0.1, 0.15) is 28.4 Å². The first-order valence-electron chi connectivity index (χ1n) is 12.5. The molecule has 0 bridgehead atoms. The number of hydrogen-bond acceptors (Lipinski definition) is 11. The average molecular weight is 636 g/mol. The van der Waals surface area contributed by atoms with E-state index in [0.717, 1.165) is 5.56 Å². The Morgan fingerprint density at radius 1 is 1.24 bits per heavy atom. The first-order chi connectivity index (χ1) is 19.9. The SMILES string of the molecule is CNC(=O)c1ncc(Cl)cc1SC1OC2COC(c3ccccc3)OC2C(n2cc(-c3nc(Cl)cs3)nn2)C1OC. The fourth-order valence-electron chi connectivity index (χ4n) is 4.81. The summed E-state index contributed by atoms with van der Waals surface area (Å²) in [5.74, 6) is -0.346. The predicted octanol–water partition coefficient (Wildman–Crippen LogP) is 4.65. The molecule has 0 saturated carbocycles. The van der Waals surface area contributed by atoms with E-state index in [1.54, 1.807) is 36.5 Å². The van der Waals surface area contributed by atoms with Gasteiger partial charge in [0.1, 0.15) is 51.3 Å². The van der Waals surface area contributed by atoms with Crippen LogP contribution in [0, 0.1) is 0 Å². The highest BCUT2D eigenvalue weighted by molar-refractivity contribution is 8.00. The number of thioether (sulfide) groups is 1. The maximum atomic E-state index is 12.6. The Hall–Kier alpha value is -2.62. The van der Waals surface area contributed by atoms with Crippen LogP contribution in [-0.4, -0.2) is 75.4 Å². The van der Waals surface area contributed by atoms with Gasteiger partial charge < -0.3 is 24.3 Å². The highest BCUT2D eigenvalue weighted by atomic mass is 35.5. The van der Waals surface area contributed by atoms with E-state index in [1.807, 2.05) is 30.3 Å². The van der Waals surface area contributed by atoms with Gasteiger partial charge in [0.25, 0.3) is 5.91 Å². The monoisotopic (exact) mass is 634 g/mol. The number of aromatic nitrogens is 5. The van der Waals surface area contributed by atoms with Crippen molar-refractivity contribution in [2.75, 3.05) is 20.8 Å². The standard InChI is InChI=1S/C26H24Cl2N6O5S2/c1-29-23(35)19-17(8-14(27)9-30-19)41-26-22(36-2)20(34-10-15(32-33-34)24-31-18(28)12-40-24)21-16(38-26)11-37-25(39-21)13-6-4-3-5-7-13/h3-10,12,16,20-22,25-26H,11H2,1-2H3,(H,29,35). The Balaban J connectivity index is 1.37. The van der Waals surface area contributed by atoms with Crippen LogP contribution in [0.5, 0.6) is 0 Å². The van der Waals surface area contributed by atoms with Gasteiger partial charge in [-0.05, 0) is 6.07 Å². The van der Waals surface area contributed by atoms with Crippen LogP contribution in [0.25, 0.3) is 10.7 Å². The van der Waals surface area contributed by atoms with E-state index in [9.17, 15) is 4.79 Å². The molecule has 0 spiro atoms. The number of nitrogens with one attached hydrogen (secondary N) is 1. The van der Waals surface area contributed by atoms with Gasteiger partial charge in [0.05, 0.1) is 17.8 Å². The Morgan fingerprint density at radius 3 is 2.80 bits per heavy atom. The molecule has 1 aromatic carbocycles. The Bertz CT molecular complexity index is 1530. The number of rotatable bonds is 7. The third kappa shape index (κ3) is 5.86. The number of hydrogen-bond donors (Lipinski definition) is 1. The minimum absolute atomic E-state index is 0.225. The number of pyridine rings is 1. The Labute approximate surface area is 253 Å². The van der Waals surface area contributed by atoms with Crippen LogP contribution in [0.4, 0.5) is 0 Å². The molecule has 2 aliphatic heterocycles. The number of amides is 1. The molecule has 3 aromatic heterocycles. The van der Waals surface area contributed by atoms with Gasteiger partial charge in [0.2, 0.25) is 0 Å². The van der Waals surface area contributed by atoms with Crippen molar-refractivity contribution in [1.82, 2.24) is 30.3 Å². The summed E-state index contributed by atoms with van der Waals surface area (Å²) in [6.45, 7) is 0.258. The van der Waals surface area contributed by atoms with Crippen molar-refractivity contribution in [2.24, 2.45) is 0 Å². The topological polar surface area (TPSA) is 123 Å². The third-order valence-corrected chi connectivity index (χ3v) is 9.24. The Morgan fingerprint density at radius 2 is 2.07 bits per heavy atom. The van der Waals surface area contributed by atoms with Crippen molar-refractivity contribution in [2.45, 2.75) is 41.0 Å². The van der Waals surface area contributed by atoms with E-state index in [0.29, 0.717) is 25.8 Å². The van der Waals surface area contributed by atoms with Crippen molar-refractivity contribution in [3.8, 4) is 10.7 Å². The molecule has 41 heavy (non-hydrogen) atoms. The summed E-state index contributed by atoms with van der Waals surface area (Å²) in [4.78, 5) is 21.7. The molecule has 2 saturated heterocycles. The quantitative estimate of drug-likeness (QED) is 0.307. The minimum Gasteiger partial charge on any atom is -0.375 e. The van der Waals surface area contributed by atoms with Crippen LogP contribution < -0.4 is 5.32 Å². The molecular formula is C26H24Cl2N6O5S2. The summed E-state index contributed by atoms with van der Waals surface area (Å²) in [6, 6.07) is 10.9. The predicted molar refractivity (Wildman–Crippen MR) is 153 cm³/mol. The second-order valence-electron chi connectivity index (χ2n) is 9.17. The van der Waals surface area contributed by atoms with Crippen LogP contribution >= 0.6 is 46.3 Å². The van der Waals surface area contributed by atoms with Gasteiger partial charge in [0.15, 0.2) is 6.29 Å². The van der Waals surface area contributed by atoms with Crippen molar-refractivity contribution in [3.05, 3.63) is 75.6 Å². The van der Waals surface area contributed by atoms with E-state index in [4.69, 9.17) is 42.1 Å². The lowest BCUT2D eigenvalue weighted by Gasteiger charge is -2.48. The summed E-state index contributed by atoms with van der Waals surface area (Å²) < 4.78 is 26.9. The molecular weight excluding hydrogens is 611 g/mol. The van der Waals surface area contributed by atoms with E-state index in [1.165, 1.54) is 29.3 Å². The molecule has 5 heterocycles. The van der Waals surface area contributed by atoms with Crippen molar-refractivity contribution in [3.63, 3.8) is 0 Å². The Kier molecular flexibility index (Phi) is 8.56. The van der Waals surface area contributed by atoms with E-state index >= 15 is 0 Å². The normalized spacial score (nSPS) is 26.0. The zero-order valence-electron chi connectivity index (χ0n) is 21.7. The largest absolute Gasteiger partial charge is 0.375 e. The minimum atomic E-state index is -0.614. The van der Waals surface area contributed by atoms with E-state index in [-0.39, 0.29) is 18.2 Å². The molecule has 6 rings (SSSR count). The van der Waals surface area contributed by atoms with Gasteiger partial charge in [-0.2, -0.15) is 0 Å². The van der Waals surface area contributed by atoms with Gasteiger partial charge in [-0.15, -0.1) is 16.4 Å². The number of halogens is 2. The molecule has 15 heteroatoms. The van der Waals surface area contributed by atoms with Crippen LogP contribution in [0.3, 0.4) is 0 Å². The second kappa shape index (κ2) is 12.3. The molecule has 6 atom stereocenters. The van der Waals surface area contributed by atoms with Crippen LogP contribution in [0.2, 0.25) is 10.2 Å². The number of ether oxygens (including phenoxy) is 4. The fraction of sp³-hybridized carbons (Fsp3) is 0.346. The number of thiazole rings is 1. The summed E-state index contributed by atoms with van der Waals surface area (Å²) >= 11 is 15.0. The summed E-state index contributed by atoms with van der Waals surface area (Å²) in [7, 11) is 3.14. The molecule has 11 nitrogen and oxygen atoms in total. The van der Waals surface area contributed by atoms with Gasteiger partial charge in [0, 0.05) is 36.2 Å². The lowest BCUT2D eigenvalue weighted by molar-refractivity contribution is -0.308. The lowest BCUT2D eigenvalue weighted by atomic mass is 9.96. The zero-order valence-corrected chi connectivity index (χ0v) is 24.9. The van der Waals surface area contributed by atoms with Crippen LogP contribution in [0.15, 0.2) is 59.1 Å². The van der Waals surface area contributed by atoms with E-state index < -0.39 is 36.1 Å². The molecule has 2 aliphatic rings. The molecule has 4 aromatic rings. The number of carbonyl (C=O) groups excluding carboxylic acids is 1. The number of carbonyl (C=O) groups is 1. The zero-order chi connectivity index (χ0) is 28.5. The molecule has 1 N–H and O–H groups in total. The molecule has 214 valence electrons. The first kappa shape index (κ1) is 28.5. The van der Waals surface area contributed by atoms with Gasteiger partial charge in [-0.25, -0.2) is 14.6 Å². The highest BCUT2D eigenvalue weighted by Crippen LogP contribution is 2.45. The molecule has 0 radical (unpaired) electrons. The van der Waals surface area contributed by atoms with E-state index in [2.05, 4.69) is 25.6 Å². The highest BCUT2D eigenvalue weighted by Gasteiger charge is 2.52. The number of benzene rings is 1. The number of methoxy groups -OCH3 is 1. The van der Waals surface area contributed by atoms with Crippen molar-refractivity contribution < 1.29 is 23.7 Å². The smallest absolute Gasteiger partial charge is 0.270 e. The fourth-order valence-corrected chi connectivity index (χ4v) is 7.23. The summed E-state index contributed by atoms with van der Waals surface area (Å²) in [5.41, 5.74) is 1.06. The van der Waals surface area contributed by atoms with Gasteiger partial charge in [-0.1, -0.05) is 70.5 Å². The summed E-state index contributed by atoms with van der Waals surface area (Å²) in [5, 5.41) is 14.6. The van der Waals surface area contributed by atoms with Gasteiger partial charge >= 0.3 is 0 Å². The number of nitrogens with zero attached hydrogens (tertiary/aromatic N) is 5. The average Bonchev–Trinajstić information content (AvgIpc) is 3.65. The molecule has 6 unspecified atom stereocenters. The van der Waals surface area contributed by atoms with Crippen molar-refractivity contribution >= 4 is 52.2 Å². The molecule has 0 aliphatic carbocycles. The second-order valence-corrected chi connectivity index (χ2v) is 12.0. The first-order valence-corrected chi connectivity index (χ1v) is 15.0. The summed E-state index contributed by atoms with van der Waals surface area (Å²) in [6.07, 6.45) is 1.02. The number of fused-ring (bicyclic) bond motifs is 1. The molecule has 1 amide bonds. The maximum Gasteiger partial charge on any atom is 0.270 e. The maximum absolute atomic E-state index is 12.6. The van der Waals surface area contributed by atoms with Crippen molar-refractivity contribution in [1.29, 1.82) is 0 Å². The molecule has 2 fully saturated rings. The third-order valence-electron chi connectivity index (χ3n) is 6.67. The lowest BCUT2D eigenvalue weighted by Crippen LogP contribution is -2.59.